The Labute approximate surface area is 155 Å². The molecule has 0 spiro atoms. The summed E-state index contributed by atoms with van der Waals surface area (Å²) in [5.41, 5.74) is 2.93. The van der Waals surface area contributed by atoms with Crippen LogP contribution >= 0.6 is 11.3 Å². The Morgan fingerprint density at radius 1 is 1.08 bits per heavy atom. The van der Waals surface area contributed by atoms with Gasteiger partial charge in [0.15, 0.2) is 16.6 Å². The van der Waals surface area contributed by atoms with E-state index in [1.165, 1.54) is 11.3 Å². The molecule has 0 bridgehead atoms. The average Bonchev–Trinajstić information content (AvgIpc) is 3.12. The van der Waals surface area contributed by atoms with Crippen molar-refractivity contribution in [2.75, 3.05) is 24.9 Å². The minimum atomic E-state index is -0.240. The summed E-state index contributed by atoms with van der Waals surface area (Å²) in [7, 11) is 3.17. The number of carbonyl (C=O) groups excluding carboxylic acids is 1. The maximum absolute atomic E-state index is 12.4. The minimum Gasteiger partial charge on any atom is -0.493 e. The summed E-state index contributed by atoms with van der Waals surface area (Å²) in [6.07, 6.45) is 0. The number of thiazole rings is 1. The van der Waals surface area contributed by atoms with Crippen LogP contribution in [0, 0.1) is 6.92 Å². The van der Waals surface area contributed by atoms with Crippen LogP contribution in [0.15, 0.2) is 47.8 Å². The Morgan fingerprint density at radius 3 is 2.58 bits per heavy atom. The summed E-state index contributed by atoms with van der Waals surface area (Å²) in [4.78, 5) is 16.7. The van der Waals surface area contributed by atoms with Crippen LogP contribution in [0.1, 0.15) is 16.1 Å². The molecule has 0 radical (unpaired) electrons. The Kier molecular flexibility index (Phi) is 5.38. The summed E-state index contributed by atoms with van der Waals surface area (Å²) >= 11 is 1.36. The lowest BCUT2D eigenvalue weighted by atomic mass is 10.2. The summed E-state index contributed by atoms with van der Waals surface area (Å²) in [6.45, 7) is 1.95. The molecule has 1 amide bonds. The van der Waals surface area contributed by atoms with Crippen LogP contribution in [0.3, 0.4) is 0 Å². The zero-order valence-corrected chi connectivity index (χ0v) is 15.5. The zero-order valence-electron chi connectivity index (χ0n) is 14.7. The third-order valence-electron chi connectivity index (χ3n) is 3.76. The van der Waals surface area contributed by atoms with Crippen LogP contribution in [0.5, 0.6) is 11.5 Å². The number of amides is 1. The molecule has 6 nitrogen and oxygen atoms in total. The molecule has 1 heterocycles. The van der Waals surface area contributed by atoms with Crippen LogP contribution in [0.25, 0.3) is 0 Å². The number of aromatic nitrogens is 1. The molecule has 0 unspecified atom stereocenters. The van der Waals surface area contributed by atoms with Crippen molar-refractivity contribution in [2.45, 2.75) is 6.92 Å². The molecule has 2 aromatic carbocycles. The Bertz CT molecular complexity index is 924. The number of anilines is 3. The van der Waals surface area contributed by atoms with Gasteiger partial charge in [0, 0.05) is 22.8 Å². The molecule has 0 atom stereocenters. The molecule has 1 aromatic heterocycles. The lowest BCUT2D eigenvalue weighted by molar-refractivity contribution is 0.102. The molecule has 0 aliphatic rings. The number of rotatable bonds is 6. The van der Waals surface area contributed by atoms with Crippen molar-refractivity contribution >= 4 is 33.8 Å². The SMILES string of the molecule is COc1ccc(Nc2nc(C(=O)Nc3ccccc3C)cs2)cc1OC. The number of carbonyl (C=O) groups is 1. The smallest absolute Gasteiger partial charge is 0.275 e. The van der Waals surface area contributed by atoms with Crippen molar-refractivity contribution < 1.29 is 14.3 Å². The van der Waals surface area contributed by atoms with Crippen molar-refractivity contribution in [3.8, 4) is 11.5 Å². The van der Waals surface area contributed by atoms with Crippen LogP contribution in [-0.4, -0.2) is 25.1 Å². The van der Waals surface area contributed by atoms with E-state index in [2.05, 4.69) is 15.6 Å². The van der Waals surface area contributed by atoms with Crippen molar-refractivity contribution in [3.05, 3.63) is 59.1 Å². The fourth-order valence-electron chi connectivity index (χ4n) is 2.37. The second-order valence-electron chi connectivity index (χ2n) is 5.50. The number of aryl methyl sites for hydroxylation is 1. The first-order chi connectivity index (χ1) is 12.6. The molecule has 7 heteroatoms. The topological polar surface area (TPSA) is 72.5 Å². The van der Waals surface area contributed by atoms with E-state index in [1.54, 1.807) is 25.7 Å². The second kappa shape index (κ2) is 7.88. The van der Waals surface area contributed by atoms with Crippen molar-refractivity contribution in [2.24, 2.45) is 0 Å². The van der Waals surface area contributed by atoms with Gasteiger partial charge in [-0.1, -0.05) is 18.2 Å². The number of hydrogen-bond acceptors (Lipinski definition) is 6. The lowest BCUT2D eigenvalue weighted by Crippen LogP contribution is -2.13. The first kappa shape index (κ1) is 17.8. The van der Waals surface area contributed by atoms with Gasteiger partial charge in [-0.05, 0) is 30.7 Å². The minimum absolute atomic E-state index is 0.240. The number of methoxy groups -OCH3 is 2. The molecule has 0 aliphatic heterocycles. The lowest BCUT2D eigenvalue weighted by Gasteiger charge is -2.09. The van der Waals surface area contributed by atoms with Crippen LogP contribution in [-0.2, 0) is 0 Å². The second-order valence-corrected chi connectivity index (χ2v) is 6.36. The molecule has 134 valence electrons. The van der Waals surface area contributed by atoms with Gasteiger partial charge in [-0.2, -0.15) is 0 Å². The highest BCUT2D eigenvalue weighted by Crippen LogP contribution is 2.31. The average molecular weight is 369 g/mol. The van der Waals surface area contributed by atoms with Crippen LogP contribution in [0.4, 0.5) is 16.5 Å². The molecule has 26 heavy (non-hydrogen) atoms. The molecule has 2 N–H and O–H groups in total. The van der Waals surface area contributed by atoms with Gasteiger partial charge >= 0.3 is 0 Å². The molecule has 0 saturated heterocycles. The molecule has 0 aliphatic carbocycles. The fraction of sp³-hybridized carbons (Fsp3) is 0.158. The molecule has 0 fully saturated rings. The monoisotopic (exact) mass is 369 g/mol. The quantitative estimate of drug-likeness (QED) is 0.671. The first-order valence-electron chi connectivity index (χ1n) is 7.92. The van der Waals surface area contributed by atoms with E-state index < -0.39 is 0 Å². The van der Waals surface area contributed by atoms with Gasteiger partial charge in [0.05, 0.1) is 14.2 Å². The van der Waals surface area contributed by atoms with E-state index in [0.29, 0.717) is 22.3 Å². The number of para-hydroxylation sites is 1. The van der Waals surface area contributed by atoms with E-state index in [4.69, 9.17) is 9.47 Å². The van der Waals surface area contributed by atoms with Gasteiger partial charge in [-0.25, -0.2) is 4.98 Å². The van der Waals surface area contributed by atoms with E-state index in [0.717, 1.165) is 16.9 Å². The Morgan fingerprint density at radius 2 is 1.85 bits per heavy atom. The molecular weight excluding hydrogens is 350 g/mol. The highest BCUT2D eigenvalue weighted by atomic mass is 32.1. The number of nitrogens with zero attached hydrogens (tertiary/aromatic N) is 1. The highest BCUT2D eigenvalue weighted by molar-refractivity contribution is 7.14. The van der Waals surface area contributed by atoms with Crippen molar-refractivity contribution in [1.29, 1.82) is 0 Å². The highest BCUT2D eigenvalue weighted by Gasteiger charge is 2.13. The Hall–Kier alpha value is -3.06. The van der Waals surface area contributed by atoms with Crippen molar-refractivity contribution in [3.63, 3.8) is 0 Å². The normalized spacial score (nSPS) is 10.3. The fourth-order valence-corrected chi connectivity index (χ4v) is 3.08. The van der Waals surface area contributed by atoms with Gasteiger partial charge in [0.1, 0.15) is 5.69 Å². The van der Waals surface area contributed by atoms with Gasteiger partial charge in [0.25, 0.3) is 5.91 Å². The summed E-state index contributed by atoms with van der Waals surface area (Å²) in [5, 5.41) is 8.39. The maximum Gasteiger partial charge on any atom is 0.275 e. The first-order valence-corrected chi connectivity index (χ1v) is 8.80. The molecular formula is C19H19N3O3S. The standard InChI is InChI=1S/C19H19N3O3S/c1-12-6-4-5-7-14(12)21-18(23)15-11-26-19(22-15)20-13-8-9-16(24-2)17(10-13)25-3/h4-11H,1-3H3,(H,20,22)(H,21,23). The van der Waals surface area contributed by atoms with Gasteiger partial charge in [-0.15, -0.1) is 11.3 Å². The van der Waals surface area contributed by atoms with E-state index >= 15 is 0 Å². The predicted octanol–water partition coefficient (Wildman–Crippen LogP) is 4.46. The predicted molar refractivity (Wildman–Crippen MR) is 104 cm³/mol. The maximum atomic E-state index is 12.4. The molecule has 3 rings (SSSR count). The van der Waals surface area contributed by atoms with Crippen molar-refractivity contribution in [1.82, 2.24) is 4.98 Å². The third kappa shape index (κ3) is 3.94. The summed E-state index contributed by atoms with van der Waals surface area (Å²) < 4.78 is 10.5. The van der Waals surface area contributed by atoms with Crippen LogP contribution in [0.2, 0.25) is 0 Å². The number of benzene rings is 2. The van der Waals surface area contributed by atoms with Gasteiger partial charge in [-0.3, -0.25) is 4.79 Å². The zero-order chi connectivity index (χ0) is 18.5. The number of nitrogens with one attached hydrogen (secondary N) is 2. The third-order valence-corrected chi connectivity index (χ3v) is 4.52. The number of hydrogen-bond donors (Lipinski definition) is 2. The van der Waals surface area contributed by atoms with E-state index in [9.17, 15) is 4.79 Å². The van der Waals surface area contributed by atoms with Gasteiger partial charge in [0.2, 0.25) is 0 Å². The van der Waals surface area contributed by atoms with Gasteiger partial charge < -0.3 is 20.1 Å². The summed E-state index contributed by atoms with van der Waals surface area (Å²) in [5.74, 6) is 1.03. The molecule has 0 saturated carbocycles. The van der Waals surface area contributed by atoms with E-state index in [1.807, 2.05) is 43.3 Å². The summed E-state index contributed by atoms with van der Waals surface area (Å²) in [6, 6.07) is 13.1. The largest absolute Gasteiger partial charge is 0.493 e. The van der Waals surface area contributed by atoms with Crippen LogP contribution < -0.4 is 20.1 Å². The Balaban J connectivity index is 1.72. The van der Waals surface area contributed by atoms with E-state index in [-0.39, 0.29) is 5.91 Å². The molecule has 3 aromatic rings. The number of ether oxygens (including phenoxy) is 2.